The Morgan fingerprint density at radius 2 is 1.90 bits per heavy atom. The number of amides is 1. The average Bonchev–Trinajstić information content (AvgIpc) is 2.82. The minimum Gasteiger partial charge on any atom is -0.326 e. The van der Waals surface area contributed by atoms with Crippen LogP contribution in [-0.4, -0.2) is 20.9 Å². The lowest BCUT2D eigenvalue weighted by Gasteiger charge is -2.10. The highest BCUT2D eigenvalue weighted by Gasteiger charge is 2.17. The van der Waals surface area contributed by atoms with Crippen molar-refractivity contribution in [2.24, 2.45) is 7.05 Å². The van der Waals surface area contributed by atoms with Crippen LogP contribution in [0.4, 0.5) is 5.69 Å². The second-order valence-corrected chi connectivity index (χ2v) is 4.70. The van der Waals surface area contributed by atoms with Crippen LogP contribution in [0.1, 0.15) is 44.5 Å². The highest BCUT2D eigenvalue weighted by Crippen LogP contribution is 2.20. The molecule has 1 amide bonds. The lowest BCUT2D eigenvalue weighted by Crippen LogP contribution is -2.15. The van der Waals surface area contributed by atoms with Gasteiger partial charge >= 0.3 is 0 Å². The number of hydrogen-bond acceptors (Lipinski definition) is 3. The van der Waals surface area contributed by atoms with Crippen LogP contribution < -0.4 is 5.32 Å². The highest BCUT2D eigenvalue weighted by molar-refractivity contribution is 5.91. The van der Waals surface area contributed by atoms with Gasteiger partial charge in [0.05, 0.1) is 11.4 Å². The molecule has 0 saturated heterocycles. The molecule has 0 spiro atoms. The Kier molecular flexibility index (Phi) is 6.59. The van der Waals surface area contributed by atoms with Gasteiger partial charge in [0, 0.05) is 25.1 Å². The van der Waals surface area contributed by atoms with Crippen LogP contribution in [0, 0.1) is 6.92 Å². The predicted octanol–water partition coefficient (Wildman–Crippen LogP) is 3.28. The van der Waals surface area contributed by atoms with Crippen molar-refractivity contribution >= 4 is 11.6 Å². The Labute approximate surface area is 126 Å². The maximum Gasteiger partial charge on any atom is 0.225 e. The standard InChI is InChI=1S/C14H18N4O.C2H6/c1-10(14-11(2)18(3)17-16-14)9-13(19)15-12-7-5-4-6-8-12;1-2/h4-8,10H,9H2,1-3H3,(H,15,19);1-2H3/t10-;/m1./s1. The molecular weight excluding hydrogens is 264 g/mol. The number of aryl methyl sites for hydroxylation is 1. The third-order valence-electron chi connectivity index (χ3n) is 3.16. The molecule has 0 aliphatic rings. The predicted molar refractivity (Wildman–Crippen MR) is 85.2 cm³/mol. The topological polar surface area (TPSA) is 59.8 Å². The van der Waals surface area contributed by atoms with Gasteiger partial charge < -0.3 is 5.32 Å². The fourth-order valence-electron chi connectivity index (χ4n) is 1.98. The molecule has 21 heavy (non-hydrogen) atoms. The number of benzene rings is 1. The van der Waals surface area contributed by atoms with Gasteiger partial charge in [-0.15, -0.1) is 5.10 Å². The molecule has 0 aliphatic carbocycles. The summed E-state index contributed by atoms with van der Waals surface area (Å²) in [6.45, 7) is 7.95. The van der Waals surface area contributed by atoms with E-state index in [0.29, 0.717) is 6.42 Å². The first-order chi connectivity index (χ1) is 10.1. The Balaban J connectivity index is 0.00000106. The van der Waals surface area contributed by atoms with Crippen molar-refractivity contribution in [2.45, 2.75) is 40.0 Å². The van der Waals surface area contributed by atoms with Gasteiger partial charge in [0.25, 0.3) is 0 Å². The van der Waals surface area contributed by atoms with Gasteiger partial charge in [0.2, 0.25) is 5.91 Å². The summed E-state index contributed by atoms with van der Waals surface area (Å²) in [6.07, 6.45) is 0.397. The number of carbonyl (C=O) groups excluding carboxylic acids is 1. The van der Waals surface area contributed by atoms with Crippen LogP contribution in [0.25, 0.3) is 0 Å². The van der Waals surface area contributed by atoms with E-state index in [-0.39, 0.29) is 11.8 Å². The van der Waals surface area contributed by atoms with Crippen molar-refractivity contribution in [1.29, 1.82) is 0 Å². The number of para-hydroxylation sites is 1. The van der Waals surface area contributed by atoms with E-state index < -0.39 is 0 Å². The van der Waals surface area contributed by atoms with Gasteiger partial charge in [-0.05, 0) is 19.1 Å². The number of anilines is 1. The van der Waals surface area contributed by atoms with E-state index >= 15 is 0 Å². The van der Waals surface area contributed by atoms with Gasteiger partial charge in [-0.1, -0.05) is 44.2 Å². The van der Waals surface area contributed by atoms with E-state index in [0.717, 1.165) is 17.1 Å². The van der Waals surface area contributed by atoms with Gasteiger partial charge in [0.1, 0.15) is 0 Å². The molecule has 5 heteroatoms. The molecular formula is C16H24N4O. The molecule has 1 N–H and O–H groups in total. The van der Waals surface area contributed by atoms with Crippen LogP contribution in [0.5, 0.6) is 0 Å². The third-order valence-corrected chi connectivity index (χ3v) is 3.16. The second-order valence-electron chi connectivity index (χ2n) is 4.70. The lowest BCUT2D eigenvalue weighted by molar-refractivity contribution is -0.116. The first-order valence-electron chi connectivity index (χ1n) is 7.29. The largest absolute Gasteiger partial charge is 0.326 e. The summed E-state index contributed by atoms with van der Waals surface area (Å²) >= 11 is 0. The van der Waals surface area contributed by atoms with E-state index in [9.17, 15) is 4.79 Å². The van der Waals surface area contributed by atoms with Crippen molar-refractivity contribution in [3.63, 3.8) is 0 Å². The smallest absolute Gasteiger partial charge is 0.225 e. The number of rotatable bonds is 4. The molecule has 0 saturated carbocycles. The summed E-state index contributed by atoms with van der Waals surface area (Å²) in [7, 11) is 1.85. The monoisotopic (exact) mass is 288 g/mol. The first kappa shape index (κ1) is 16.9. The molecule has 0 bridgehead atoms. The number of aromatic nitrogens is 3. The second kappa shape index (κ2) is 8.19. The van der Waals surface area contributed by atoms with Crippen molar-refractivity contribution in [3.05, 3.63) is 41.7 Å². The molecule has 2 aromatic rings. The van der Waals surface area contributed by atoms with E-state index in [2.05, 4.69) is 15.6 Å². The molecule has 1 aromatic heterocycles. The highest BCUT2D eigenvalue weighted by atomic mass is 16.1. The zero-order valence-corrected chi connectivity index (χ0v) is 13.4. The quantitative estimate of drug-likeness (QED) is 0.939. The number of carbonyl (C=O) groups is 1. The summed E-state index contributed by atoms with van der Waals surface area (Å²) in [6, 6.07) is 9.45. The minimum absolute atomic E-state index is 0.0104. The molecule has 114 valence electrons. The van der Waals surface area contributed by atoms with Gasteiger partial charge in [0.15, 0.2) is 0 Å². The molecule has 5 nitrogen and oxygen atoms in total. The van der Waals surface area contributed by atoms with Crippen LogP contribution in [0.15, 0.2) is 30.3 Å². The molecule has 1 heterocycles. The van der Waals surface area contributed by atoms with Crippen LogP contribution in [-0.2, 0) is 11.8 Å². The Morgan fingerprint density at radius 1 is 1.29 bits per heavy atom. The molecule has 0 aliphatic heterocycles. The molecule has 1 atom stereocenters. The number of hydrogen-bond donors (Lipinski definition) is 1. The van der Waals surface area contributed by atoms with Gasteiger partial charge in [-0.3, -0.25) is 9.48 Å². The average molecular weight is 288 g/mol. The van der Waals surface area contributed by atoms with Crippen LogP contribution >= 0.6 is 0 Å². The minimum atomic E-state index is -0.0104. The number of nitrogens with one attached hydrogen (secondary N) is 1. The molecule has 0 unspecified atom stereocenters. The van der Waals surface area contributed by atoms with Crippen molar-refractivity contribution in [3.8, 4) is 0 Å². The summed E-state index contributed by atoms with van der Waals surface area (Å²) < 4.78 is 1.72. The molecule has 0 radical (unpaired) electrons. The molecule has 0 fully saturated rings. The van der Waals surface area contributed by atoms with E-state index in [4.69, 9.17) is 0 Å². The normalized spacial score (nSPS) is 11.3. The lowest BCUT2D eigenvalue weighted by atomic mass is 10.0. The maximum atomic E-state index is 11.9. The van der Waals surface area contributed by atoms with Gasteiger partial charge in [-0.2, -0.15) is 0 Å². The fourth-order valence-corrected chi connectivity index (χ4v) is 1.98. The maximum absolute atomic E-state index is 11.9. The summed E-state index contributed by atoms with van der Waals surface area (Å²) in [5.41, 5.74) is 2.70. The van der Waals surface area contributed by atoms with Crippen LogP contribution in [0.2, 0.25) is 0 Å². The van der Waals surface area contributed by atoms with Crippen molar-refractivity contribution in [2.75, 3.05) is 5.32 Å². The van der Waals surface area contributed by atoms with Crippen molar-refractivity contribution in [1.82, 2.24) is 15.0 Å². The zero-order valence-electron chi connectivity index (χ0n) is 13.4. The van der Waals surface area contributed by atoms with Crippen LogP contribution in [0.3, 0.4) is 0 Å². The zero-order chi connectivity index (χ0) is 15.8. The van der Waals surface area contributed by atoms with E-state index in [1.54, 1.807) is 4.68 Å². The number of nitrogens with zero attached hydrogens (tertiary/aromatic N) is 3. The Bertz CT molecular complexity index is 563. The Morgan fingerprint density at radius 3 is 2.43 bits per heavy atom. The van der Waals surface area contributed by atoms with E-state index in [1.165, 1.54) is 0 Å². The summed E-state index contributed by atoms with van der Waals surface area (Å²) in [5, 5.41) is 10.9. The van der Waals surface area contributed by atoms with E-state index in [1.807, 2.05) is 65.1 Å². The fraction of sp³-hybridized carbons (Fsp3) is 0.438. The summed E-state index contributed by atoms with van der Waals surface area (Å²) in [5.74, 6) is 0.0427. The Hall–Kier alpha value is -2.17. The van der Waals surface area contributed by atoms with Gasteiger partial charge in [-0.25, -0.2) is 0 Å². The molecule has 2 rings (SSSR count). The summed E-state index contributed by atoms with van der Waals surface area (Å²) in [4.78, 5) is 11.9. The molecule has 1 aromatic carbocycles. The van der Waals surface area contributed by atoms with Crippen molar-refractivity contribution < 1.29 is 4.79 Å². The first-order valence-corrected chi connectivity index (χ1v) is 7.29. The third kappa shape index (κ3) is 4.70. The SMILES string of the molecule is CC.Cc1c([C@H](C)CC(=O)Nc2ccccc2)nnn1C.